The van der Waals surface area contributed by atoms with Gasteiger partial charge in [0.25, 0.3) is 11.6 Å². The third kappa shape index (κ3) is 6.75. The predicted octanol–water partition coefficient (Wildman–Crippen LogP) is 7.37. The van der Waals surface area contributed by atoms with E-state index in [2.05, 4.69) is 79.2 Å². The fourth-order valence-electron chi connectivity index (χ4n) is 4.39. The largest absolute Gasteiger partial charge is 0.352 e. The minimum absolute atomic E-state index is 0.0412. The van der Waals surface area contributed by atoms with Crippen molar-refractivity contribution < 1.29 is 9.72 Å². The highest BCUT2D eigenvalue weighted by atomic mass is 32.2. The standard InChI is InChI=1S/C31H34N4O3S/c1-5-34-29(25-15-10-22(3)11-16-25)28(24-13-8-21(2)9-14-24)33-31(34)39-19-7-6-18-32-30(36)26-17-12-23(4)27(20-26)35(37)38/h8-17,20H,5-7,18-19H2,1-4H3,(H,32,36). The maximum Gasteiger partial charge on any atom is 0.273 e. The number of nitrogens with zero attached hydrogens (tertiary/aromatic N) is 3. The van der Waals surface area contributed by atoms with Crippen LogP contribution < -0.4 is 5.32 Å². The van der Waals surface area contributed by atoms with Crippen molar-refractivity contribution in [2.24, 2.45) is 0 Å². The molecule has 0 aliphatic rings. The lowest BCUT2D eigenvalue weighted by atomic mass is 10.0. The molecule has 0 spiro atoms. The molecule has 0 aliphatic carbocycles. The summed E-state index contributed by atoms with van der Waals surface area (Å²) < 4.78 is 2.29. The zero-order chi connectivity index (χ0) is 27.9. The van der Waals surface area contributed by atoms with Crippen molar-refractivity contribution in [1.29, 1.82) is 0 Å². The SMILES string of the molecule is CCn1c(SCCCCNC(=O)c2ccc(C)c([N+](=O)[O-])c2)nc(-c2ccc(C)cc2)c1-c1ccc(C)cc1. The average molecular weight is 543 g/mol. The second kappa shape index (κ2) is 12.8. The smallest absolute Gasteiger partial charge is 0.273 e. The number of aromatic nitrogens is 2. The highest BCUT2D eigenvalue weighted by molar-refractivity contribution is 7.99. The van der Waals surface area contributed by atoms with Gasteiger partial charge in [-0.15, -0.1) is 0 Å². The van der Waals surface area contributed by atoms with Crippen LogP contribution in [0.3, 0.4) is 0 Å². The van der Waals surface area contributed by atoms with Crippen molar-refractivity contribution in [2.75, 3.05) is 12.3 Å². The first-order chi connectivity index (χ1) is 18.8. The lowest BCUT2D eigenvalue weighted by Gasteiger charge is -2.11. The molecule has 0 bridgehead atoms. The lowest BCUT2D eigenvalue weighted by molar-refractivity contribution is -0.385. The van der Waals surface area contributed by atoms with Gasteiger partial charge in [0.2, 0.25) is 0 Å². The van der Waals surface area contributed by atoms with Crippen LogP contribution in [0.25, 0.3) is 22.5 Å². The Morgan fingerprint density at radius 1 is 0.949 bits per heavy atom. The third-order valence-corrected chi connectivity index (χ3v) is 7.72. The Bertz CT molecular complexity index is 1460. The van der Waals surface area contributed by atoms with Crippen molar-refractivity contribution in [3.8, 4) is 22.5 Å². The number of carbonyl (C=O) groups excluding carboxylic acids is 1. The van der Waals surface area contributed by atoms with E-state index in [-0.39, 0.29) is 11.6 Å². The zero-order valence-electron chi connectivity index (χ0n) is 22.9. The van der Waals surface area contributed by atoms with Gasteiger partial charge in [-0.2, -0.15) is 0 Å². The molecule has 0 aliphatic heterocycles. The summed E-state index contributed by atoms with van der Waals surface area (Å²) in [6, 6.07) is 21.7. The highest BCUT2D eigenvalue weighted by Crippen LogP contribution is 2.36. The number of nitro benzene ring substituents is 1. The quantitative estimate of drug-likeness (QED) is 0.0925. The van der Waals surface area contributed by atoms with E-state index in [1.54, 1.807) is 30.8 Å². The molecule has 1 heterocycles. The molecule has 0 fully saturated rings. The molecule has 3 aromatic carbocycles. The van der Waals surface area contributed by atoms with Crippen molar-refractivity contribution in [1.82, 2.24) is 14.9 Å². The first kappa shape index (κ1) is 28.1. The summed E-state index contributed by atoms with van der Waals surface area (Å²) in [4.78, 5) is 28.3. The Labute approximate surface area is 233 Å². The summed E-state index contributed by atoms with van der Waals surface area (Å²) in [7, 11) is 0. The molecule has 7 nitrogen and oxygen atoms in total. The van der Waals surface area contributed by atoms with E-state index in [1.807, 2.05) is 0 Å². The van der Waals surface area contributed by atoms with Gasteiger partial charge in [-0.3, -0.25) is 14.9 Å². The number of carbonyl (C=O) groups is 1. The molecule has 1 amide bonds. The van der Waals surface area contributed by atoms with E-state index < -0.39 is 4.92 Å². The van der Waals surface area contributed by atoms with E-state index in [9.17, 15) is 14.9 Å². The van der Waals surface area contributed by atoms with Crippen molar-refractivity contribution >= 4 is 23.4 Å². The first-order valence-corrected chi connectivity index (χ1v) is 14.2. The first-order valence-electron chi connectivity index (χ1n) is 13.2. The number of hydrogen-bond acceptors (Lipinski definition) is 5. The van der Waals surface area contributed by atoms with Gasteiger partial charge < -0.3 is 9.88 Å². The monoisotopic (exact) mass is 542 g/mol. The number of nitrogens with one attached hydrogen (secondary N) is 1. The van der Waals surface area contributed by atoms with E-state index in [4.69, 9.17) is 4.98 Å². The van der Waals surface area contributed by atoms with Crippen LogP contribution in [-0.2, 0) is 6.54 Å². The van der Waals surface area contributed by atoms with Crippen LogP contribution in [0.1, 0.15) is 46.8 Å². The number of aryl methyl sites for hydroxylation is 3. The molecule has 0 saturated heterocycles. The Morgan fingerprint density at radius 2 is 1.59 bits per heavy atom. The van der Waals surface area contributed by atoms with Gasteiger partial charge in [0.15, 0.2) is 5.16 Å². The maximum absolute atomic E-state index is 12.5. The zero-order valence-corrected chi connectivity index (χ0v) is 23.7. The third-order valence-electron chi connectivity index (χ3n) is 6.65. The number of nitro groups is 1. The van der Waals surface area contributed by atoms with Crippen molar-refractivity contribution in [3.63, 3.8) is 0 Å². The summed E-state index contributed by atoms with van der Waals surface area (Å²) in [5, 5.41) is 15.0. The number of amides is 1. The highest BCUT2D eigenvalue weighted by Gasteiger charge is 2.20. The maximum atomic E-state index is 12.5. The molecule has 202 valence electrons. The van der Waals surface area contributed by atoms with Crippen LogP contribution in [0.4, 0.5) is 5.69 Å². The molecule has 0 unspecified atom stereocenters. The van der Waals surface area contributed by atoms with Crippen LogP contribution in [0, 0.1) is 30.9 Å². The minimum Gasteiger partial charge on any atom is -0.352 e. The van der Waals surface area contributed by atoms with Gasteiger partial charge in [0, 0.05) is 47.2 Å². The van der Waals surface area contributed by atoms with E-state index in [1.165, 1.54) is 17.2 Å². The number of thioether (sulfide) groups is 1. The Morgan fingerprint density at radius 3 is 2.21 bits per heavy atom. The molecule has 1 N–H and O–H groups in total. The number of rotatable bonds is 11. The van der Waals surface area contributed by atoms with Crippen LogP contribution in [-0.4, -0.2) is 32.7 Å². The average Bonchev–Trinajstić information content (AvgIpc) is 3.29. The molecule has 0 atom stereocenters. The van der Waals surface area contributed by atoms with Crippen molar-refractivity contribution in [2.45, 2.75) is 52.2 Å². The Hall–Kier alpha value is -3.91. The molecule has 8 heteroatoms. The van der Waals surface area contributed by atoms with E-state index >= 15 is 0 Å². The lowest BCUT2D eigenvalue weighted by Crippen LogP contribution is -2.24. The van der Waals surface area contributed by atoms with Gasteiger partial charge in [0.1, 0.15) is 0 Å². The summed E-state index contributed by atoms with van der Waals surface area (Å²) in [5.41, 5.74) is 7.61. The molecule has 39 heavy (non-hydrogen) atoms. The summed E-state index contributed by atoms with van der Waals surface area (Å²) in [5.74, 6) is 0.571. The van der Waals surface area contributed by atoms with Gasteiger partial charge in [-0.25, -0.2) is 4.98 Å². The van der Waals surface area contributed by atoms with E-state index in [0.717, 1.165) is 52.8 Å². The predicted molar refractivity (Wildman–Crippen MR) is 158 cm³/mol. The Kier molecular flexibility index (Phi) is 9.19. The number of imidazole rings is 1. The normalized spacial score (nSPS) is 11.0. The van der Waals surface area contributed by atoms with Gasteiger partial charge in [-0.05, 0) is 46.6 Å². The second-order valence-electron chi connectivity index (χ2n) is 9.64. The van der Waals surface area contributed by atoms with Crippen molar-refractivity contribution in [3.05, 3.63) is 99.1 Å². The molecular weight excluding hydrogens is 508 g/mol. The van der Waals surface area contributed by atoms with Gasteiger partial charge in [0.05, 0.1) is 16.3 Å². The van der Waals surface area contributed by atoms with Crippen LogP contribution >= 0.6 is 11.8 Å². The topological polar surface area (TPSA) is 90.1 Å². The summed E-state index contributed by atoms with van der Waals surface area (Å²) in [6.07, 6.45) is 1.70. The van der Waals surface area contributed by atoms with Gasteiger partial charge in [-0.1, -0.05) is 77.5 Å². The fraction of sp³-hybridized carbons (Fsp3) is 0.290. The number of benzene rings is 3. The van der Waals surface area contributed by atoms with Crippen LogP contribution in [0.2, 0.25) is 0 Å². The molecule has 0 radical (unpaired) electrons. The Balaban J connectivity index is 1.41. The number of hydrogen-bond donors (Lipinski definition) is 1. The second-order valence-corrected chi connectivity index (χ2v) is 10.7. The minimum atomic E-state index is -0.460. The van der Waals surface area contributed by atoms with Crippen LogP contribution in [0.15, 0.2) is 71.9 Å². The van der Waals surface area contributed by atoms with Crippen LogP contribution in [0.5, 0.6) is 0 Å². The number of unbranched alkanes of at least 4 members (excludes halogenated alkanes) is 1. The van der Waals surface area contributed by atoms with E-state index in [0.29, 0.717) is 17.7 Å². The molecule has 4 aromatic rings. The summed E-state index contributed by atoms with van der Waals surface area (Å²) in [6.45, 7) is 9.30. The van der Waals surface area contributed by atoms with Gasteiger partial charge >= 0.3 is 0 Å². The summed E-state index contributed by atoms with van der Waals surface area (Å²) >= 11 is 1.73. The molecule has 4 rings (SSSR count). The fourth-order valence-corrected chi connectivity index (χ4v) is 5.46. The molecule has 1 aromatic heterocycles. The molecule has 0 saturated carbocycles. The molecular formula is C31H34N4O3S.